The maximum absolute atomic E-state index is 12.4. The number of carbonyl (C=O) groups excluding carboxylic acids is 1. The number of amides is 1. The lowest BCUT2D eigenvalue weighted by molar-refractivity contribution is -0.121. The number of carboxylic acids is 1. The molecule has 1 fully saturated rings. The van der Waals surface area contributed by atoms with Gasteiger partial charge in [-0.3, -0.25) is 9.69 Å². The zero-order valence-corrected chi connectivity index (χ0v) is 12.3. The number of nitrogens with one attached hydrogen (secondary N) is 1. The Morgan fingerprint density at radius 1 is 1.32 bits per heavy atom. The molecule has 6 nitrogen and oxygen atoms in total. The SMILES string of the molecule is CN1CCCCC1C(=O)Nc1ccc2oc(C(=O)O)cc2c1. The lowest BCUT2D eigenvalue weighted by Gasteiger charge is -2.31. The number of carbonyl (C=O) groups is 2. The summed E-state index contributed by atoms with van der Waals surface area (Å²) in [6.45, 7) is 0.931. The average Bonchev–Trinajstić information content (AvgIpc) is 2.91. The van der Waals surface area contributed by atoms with Gasteiger partial charge < -0.3 is 14.8 Å². The number of anilines is 1. The molecule has 1 aliphatic heterocycles. The van der Waals surface area contributed by atoms with E-state index in [1.54, 1.807) is 18.2 Å². The first kappa shape index (κ1) is 14.6. The number of likely N-dealkylation sites (tertiary alicyclic amines) is 1. The minimum absolute atomic E-state index is 0.0245. The number of carboxylic acid groups (broad SMARTS) is 1. The van der Waals surface area contributed by atoms with Crippen molar-refractivity contribution in [2.75, 3.05) is 18.9 Å². The molecule has 116 valence electrons. The molecule has 0 bridgehead atoms. The topological polar surface area (TPSA) is 82.8 Å². The number of benzene rings is 1. The number of hydrogen-bond donors (Lipinski definition) is 2. The van der Waals surface area contributed by atoms with Crippen molar-refractivity contribution in [2.45, 2.75) is 25.3 Å². The van der Waals surface area contributed by atoms with E-state index in [0.29, 0.717) is 16.7 Å². The van der Waals surface area contributed by atoms with E-state index < -0.39 is 5.97 Å². The molecule has 22 heavy (non-hydrogen) atoms. The predicted octanol–water partition coefficient (Wildman–Crippen LogP) is 2.55. The van der Waals surface area contributed by atoms with Crippen molar-refractivity contribution >= 4 is 28.5 Å². The van der Waals surface area contributed by atoms with Gasteiger partial charge in [0.25, 0.3) is 0 Å². The van der Waals surface area contributed by atoms with Crippen LogP contribution in [0.15, 0.2) is 28.7 Å². The molecule has 0 saturated carbocycles. The van der Waals surface area contributed by atoms with E-state index >= 15 is 0 Å². The first-order valence-electron chi connectivity index (χ1n) is 7.32. The second kappa shape index (κ2) is 5.81. The first-order valence-corrected chi connectivity index (χ1v) is 7.32. The van der Waals surface area contributed by atoms with Crippen LogP contribution in [-0.4, -0.2) is 41.5 Å². The Labute approximate surface area is 127 Å². The fraction of sp³-hybridized carbons (Fsp3) is 0.375. The Morgan fingerprint density at radius 2 is 2.14 bits per heavy atom. The van der Waals surface area contributed by atoms with Crippen molar-refractivity contribution in [3.8, 4) is 0 Å². The summed E-state index contributed by atoms with van der Waals surface area (Å²) in [4.78, 5) is 25.3. The van der Waals surface area contributed by atoms with Crippen LogP contribution in [0.1, 0.15) is 29.8 Å². The van der Waals surface area contributed by atoms with Crippen LogP contribution in [-0.2, 0) is 4.79 Å². The Hall–Kier alpha value is -2.34. The van der Waals surface area contributed by atoms with Crippen LogP contribution in [0, 0.1) is 0 Å². The zero-order chi connectivity index (χ0) is 15.7. The molecule has 1 saturated heterocycles. The van der Waals surface area contributed by atoms with Crippen molar-refractivity contribution in [3.05, 3.63) is 30.0 Å². The van der Waals surface area contributed by atoms with Gasteiger partial charge in [0.2, 0.25) is 11.7 Å². The van der Waals surface area contributed by atoms with Crippen LogP contribution in [0.2, 0.25) is 0 Å². The number of furan rings is 1. The third-order valence-electron chi connectivity index (χ3n) is 4.07. The van der Waals surface area contributed by atoms with E-state index in [0.717, 1.165) is 25.8 Å². The van der Waals surface area contributed by atoms with Gasteiger partial charge in [-0.05, 0) is 50.7 Å². The normalized spacial score (nSPS) is 19.2. The second-order valence-electron chi connectivity index (χ2n) is 5.65. The van der Waals surface area contributed by atoms with Crippen LogP contribution in [0.4, 0.5) is 5.69 Å². The molecule has 2 N–H and O–H groups in total. The third kappa shape index (κ3) is 2.82. The van der Waals surface area contributed by atoms with Crippen LogP contribution in [0.5, 0.6) is 0 Å². The average molecular weight is 302 g/mol. The fourth-order valence-electron chi connectivity index (χ4n) is 2.86. The first-order chi connectivity index (χ1) is 10.5. The van der Waals surface area contributed by atoms with Crippen molar-refractivity contribution < 1.29 is 19.1 Å². The Balaban J connectivity index is 1.78. The molecule has 1 atom stereocenters. The number of aromatic carboxylic acids is 1. The van der Waals surface area contributed by atoms with E-state index in [9.17, 15) is 9.59 Å². The molecule has 0 aliphatic carbocycles. The third-order valence-corrected chi connectivity index (χ3v) is 4.07. The maximum atomic E-state index is 12.4. The monoisotopic (exact) mass is 302 g/mol. The molecular weight excluding hydrogens is 284 g/mol. The highest BCUT2D eigenvalue weighted by molar-refractivity contribution is 5.98. The van der Waals surface area contributed by atoms with Crippen molar-refractivity contribution in [1.82, 2.24) is 4.90 Å². The Bertz CT molecular complexity index is 722. The van der Waals surface area contributed by atoms with Gasteiger partial charge in [0.05, 0.1) is 6.04 Å². The summed E-state index contributed by atoms with van der Waals surface area (Å²) >= 11 is 0. The number of likely N-dealkylation sites (N-methyl/N-ethyl adjacent to an activating group) is 1. The number of fused-ring (bicyclic) bond motifs is 1. The van der Waals surface area contributed by atoms with Crippen LogP contribution in [0.25, 0.3) is 11.0 Å². The van der Waals surface area contributed by atoms with E-state index in [1.807, 2.05) is 7.05 Å². The molecule has 1 amide bonds. The van der Waals surface area contributed by atoms with E-state index in [2.05, 4.69) is 10.2 Å². The molecule has 6 heteroatoms. The predicted molar refractivity (Wildman–Crippen MR) is 82.1 cm³/mol. The smallest absolute Gasteiger partial charge is 0.371 e. The maximum Gasteiger partial charge on any atom is 0.371 e. The molecule has 2 heterocycles. The molecule has 1 aromatic heterocycles. The molecule has 2 aromatic rings. The molecule has 0 spiro atoms. The van der Waals surface area contributed by atoms with Crippen molar-refractivity contribution in [3.63, 3.8) is 0 Å². The molecule has 1 aliphatic rings. The summed E-state index contributed by atoms with van der Waals surface area (Å²) in [5, 5.41) is 12.5. The fourth-order valence-corrected chi connectivity index (χ4v) is 2.86. The van der Waals surface area contributed by atoms with Crippen molar-refractivity contribution in [1.29, 1.82) is 0 Å². The summed E-state index contributed by atoms with van der Waals surface area (Å²) in [5.41, 5.74) is 1.14. The number of piperidine rings is 1. The molecule has 1 unspecified atom stereocenters. The Kier molecular flexibility index (Phi) is 3.85. The van der Waals surface area contributed by atoms with Crippen LogP contribution < -0.4 is 5.32 Å². The van der Waals surface area contributed by atoms with Gasteiger partial charge in [-0.25, -0.2) is 4.79 Å². The lowest BCUT2D eigenvalue weighted by atomic mass is 10.0. The van der Waals surface area contributed by atoms with Gasteiger partial charge in [0, 0.05) is 11.1 Å². The molecular formula is C16H18N2O4. The molecule has 3 rings (SSSR count). The second-order valence-corrected chi connectivity index (χ2v) is 5.65. The van der Waals surface area contributed by atoms with Gasteiger partial charge in [-0.2, -0.15) is 0 Å². The van der Waals surface area contributed by atoms with Gasteiger partial charge in [-0.1, -0.05) is 6.42 Å². The van der Waals surface area contributed by atoms with Gasteiger partial charge in [-0.15, -0.1) is 0 Å². The highest BCUT2D eigenvalue weighted by atomic mass is 16.4. The number of hydrogen-bond acceptors (Lipinski definition) is 4. The van der Waals surface area contributed by atoms with Gasteiger partial charge in [0.1, 0.15) is 5.58 Å². The summed E-state index contributed by atoms with van der Waals surface area (Å²) in [7, 11) is 1.96. The zero-order valence-electron chi connectivity index (χ0n) is 12.3. The van der Waals surface area contributed by atoms with Gasteiger partial charge in [0.15, 0.2) is 0 Å². The van der Waals surface area contributed by atoms with E-state index in [-0.39, 0.29) is 17.7 Å². The summed E-state index contributed by atoms with van der Waals surface area (Å²) < 4.78 is 5.20. The standard InChI is InChI=1S/C16H18N2O4/c1-18-7-3-2-4-12(18)15(19)17-11-5-6-13-10(8-11)9-14(22-13)16(20)21/h5-6,8-9,12H,2-4,7H2,1H3,(H,17,19)(H,20,21). The van der Waals surface area contributed by atoms with Crippen LogP contribution in [0.3, 0.4) is 0 Å². The lowest BCUT2D eigenvalue weighted by Crippen LogP contribution is -2.44. The number of nitrogens with zero attached hydrogens (tertiary/aromatic N) is 1. The summed E-state index contributed by atoms with van der Waals surface area (Å²) in [5.74, 6) is -1.24. The highest BCUT2D eigenvalue weighted by Gasteiger charge is 2.25. The molecule has 1 aromatic carbocycles. The quantitative estimate of drug-likeness (QED) is 0.910. The van der Waals surface area contributed by atoms with Crippen LogP contribution >= 0.6 is 0 Å². The highest BCUT2D eigenvalue weighted by Crippen LogP contribution is 2.24. The van der Waals surface area contributed by atoms with Gasteiger partial charge >= 0.3 is 5.97 Å². The molecule has 0 radical (unpaired) electrons. The van der Waals surface area contributed by atoms with E-state index in [4.69, 9.17) is 9.52 Å². The Morgan fingerprint density at radius 3 is 2.86 bits per heavy atom. The largest absolute Gasteiger partial charge is 0.475 e. The summed E-state index contributed by atoms with van der Waals surface area (Å²) in [6.07, 6.45) is 3.05. The van der Waals surface area contributed by atoms with Crippen molar-refractivity contribution in [2.24, 2.45) is 0 Å². The van der Waals surface area contributed by atoms with E-state index in [1.165, 1.54) is 6.07 Å². The summed E-state index contributed by atoms with van der Waals surface area (Å²) in [6, 6.07) is 6.47. The number of rotatable bonds is 3. The minimum atomic E-state index is -1.11. The minimum Gasteiger partial charge on any atom is -0.475 e.